The Morgan fingerprint density at radius 2 is 2.14 bits per heavy atom. The fourth-order valence-corrected chi connectivity index (χ4v) is 2.73. The van der Waals surface area contributed by atoms with Gasteiger partial charge in [0.25, 0.3) is 0 Å². The third-order valence-corrected chi connectivity index (χ3v) is 4.02. The van der Waals surface area contributed by atoms with Crippen LogP contribution in [0.3, 0.4) is 0 Å². The van der Waals surface area contributed by atoms with Crippen LogP contribution in [0.15, 0.2) is 10.5 Å². The smallest absolute Gasteiger partial charge is 0.339 e. The number of aryl methyl sites for hydroxylation is 1. The number of carboxylic acids is 1. The molecule has 0 aromatic carbocycles. The van der Waals surface area contributed by atoms with Crippen molar-refractivity contribution in [2.45, 2.75) is 58.3 Å². The molecular weight excluding hydrogens is 286 g/mol. The lowest BCUT2D eigenvalue weighted by molar-refractivity contribution is -0.131. The van der Waals surface area contributed by atoms with Crippen LogP contribution in [0.1, 0.15) is 54.5 Å². The second-order valence-electron chi connectivity index (χ2n) is 5.92. The molecule has 2 heterocycles. The van der Waals surface area contributed by atoms with Gasteiger partial charge in [-0.05, 0) is 39.2 Å². The van der Waals surface area contributed by atoms with Gasteiger partial charge in [0.05, 0.1) is 18.8 Å². The molecule has 22 heavy (non-hydrogen) atoms. The van der Waals surface area contributed by atoms with Crippen LogP contribution >= 0.6 is 0 Å². The number of ether oxygens (including phenoxy) is 1. The molecule has 0 unspecified atom stereocenters. The largest absolute Gasteiger partial charge is 0.478 e. The van der Waals surface area contributed by atoms with Crippen LogP contribution in [0.25, 0.3) is 0 Å². The van der Waals surface area contributed by atoms with Crippen molar-refractivity contribution in [1.29, 1.82) is 0 Å². The molecule has 1 fully saturated rings. The Morgan fingerprint density at radius 1 is 1.41 bits per heavy atom. The maximum atomic E-state index is 12.1. The fraction of sp³-hybridized carbons (Fsp3) is 0.625. The Kier molecular flexibility index (Phi) is 5.24. The van der Waals surface area contributed by atoms with E-state index < -0.39 is 5.97 Å². The summed E-state index contributed by atoms with van der Waals surface area (Å²) in [5.74, 6) is -0.170. The first-order valence-electron chi connectivity index (χ1n) is 7.59. The SMILES string of the molecule is Cc1oc(CN(C)C(=O)CC[C@@H]2CC[C@H](C)O2)cc1C(=O)O. The normalized spacial score (nSPS) is 21.0. The molecule has 1 aliphatic rings. The van der Waals surface area contributed by atoms with Gasteiger partial charge in [-0.25, -0.2) is 4.79 Å². The van der Waals surface area contributed by atoms with Gasteiger partial charge in [-0.3, -0.25) is 4.79 Å². The monoisotopic (exact) mass is 309 g/mol. The highest BCUT2D eigenvalue weighted by atomic mass is 16.5. The second-order valence-corrected chi connectivity index (χ2v) is 5.92. The third kappa shape index (κ3) is 4.10. The molecule has 0 bridgehead atoms. The van der Waals surface area contributed by atoms with E-state index in [1.807, 2.05) is 6.92 Å². The Labute approximate surface area is 130 Å². The first-order valence-corrected chi connectivity index (χ1v) is 7.59. The highest BCUT2D eigenvalue weighted by Gasteiger charge is 2.23. The molecule has 2 rings (SSSR count). The fourth-order valence-electron chi connectivity index (χ4n) is 2.73. The minimum Gasteiger partial charge on any atom is -0.478 e. The Morgan fingerprint density at radius 3 is 2.68 bits per heavy atom. The Bertz CT molecular complexity index is 551. The number of hydrogen-bond donors (Lipinski definition) is 1. The molecule has 6 heteroatoms. The van der Waals surface area contributed by atoms with Crippen LogP contribution in [0.5, 0.6) is 0 Å². The molecule has 1 saturated heterocycles. The topological polar surface area (TPSA) is 80.0 Å². The van der Waals surface area contributed by atoms with E-state index in [1.54, 1.807) is 18.9 Å². The van der Waals surface area contributed by atoms with E-state index in [0.29, 0.717) is 24.0 Å². The summed E-state index contributed by atoms with van der Waals surface area (Å²) >= 11 is 0. The molecule has 0 spiro atoms. The average molecular weight is 309 g/mol. The molecular formula is C16H23NO5. The highest BCUT2D eigenvalue weighted by Crippen LogP contribution is 2.23. The molecule has 1 aromatic rings. The van der Waals surface area contributed by atoms with Crippen LogP contribution in [0, 0.1) is 6.92 Å². The van der Waals surface area contributed by atoms with E-state index in [4.69, 9.17) is 14.3 Å². The summed E-state index contributed by atoms with van der Waals surface area (Å²) in [7, 11) is 1.69. The van der Waals surface area contributed by atoms with E-state index in [2.05, 4.69) is 0 Å². The zero-order valence-corrected chi connectivity index (χ0v) is 13.3. The summed E-state index contributed by atoms with van der Waals surface area (Å²) in [5.41, 5.74) is 0.143. The molecule has 6 nitrogen and oxygen atoms in total. The van der Waals surface area contributed by atoms with Crippen molar-refractivity contribution in [3.63, 3.8) is 0 Å². The van der Waals surface area contributed by atoms with Gasteiger partial charge in [-0.15, -0.1) is 0 Å². The van der Waals surface area contributed by atoms with E-state index in [1.165, 1.54) is 6.07 Å². The van der Waals surface area contributed by atoms with Crippen molar-refractivity contribution < 1.29 is 23.8 Å². The molecule has 1 N–H and O–H groups in total. The third-order valence-electron chi connectivity index (χ3n) is 4.02. The van der Waals surface area contributed by atoms with Crippen molar-refractivity contribution in [3.8, 4) is 0 Å². The van der Waals surface area contributed by atoms with Gasteiger partial charge in [-0.1, -0.05) is 0 Å². The number of carbonyl (C=O) groups is 2. The predicted octanol–water partition coefficient (Wildman–Crippen LogP) is 2.59. The molecule has 1 aliphatic heterocycles. The minimum absolute atomic E-state index is 0.00841. The summed E-state index contributed by atoms with van der Waals surface area (Å²) < 4.78 is 11.1. The van der Waals surface area contributed by atoms with Crippen LogP contribution in [-0.4, -0.2) is 41.1 Å². The van der Waals surface area contributed by atoms with Crippen molar-refractivity contribution in [2.24, 2.45) is 0 Å². The van der Waals surface area contributed by atoms with E-state index in [0.717, 1.165) is 19.3 Å². The number of carboxylic acid groups (broad SMARTS) is 1. The predicted molar refractivity (Wildman–Crippen MR) is 79.7 cm³/mol. The Hall–Kier alpha value is -1.82. The minimum atomic E-state index is -1.02. The van der Waals surface area contributed by atoms with E-state index >= 15 is 0 Å². The van der Waals surface area contributed by atoms with Crippen LogP contribution in [-0.2, 0) is 16.1 Å². The maximum absolute atomic E-state index is 12.1. The Balaban J connectivity index is 1.83. The summed E-state index contributed by atoms with van der Waals surface area (Å²) in [6.45, 7) is 3.93. The molecule has 2 atom stereocenters. The molecule has 1 aromatic heterocycles. The summed E-state index contributed by atoms with van der Waals surface area (Å²) in [4.78, 5) is 24.7. The molecule has 1 amide bonds. The number of hydrogen-bond acceptors (Lipinski definition) is 4. The average Bonchev–Trinajstić information content (AvgIpc) is 3.02. The van der Waals surface area contributed by atoms with Gasteiger partial charge < -0.3 is 19.2 Å². The first kappa shape index (κ1) is 16.5. The van der Waals surface area contributed by atoms with Crippen LogP contribution in [0.2, 0.25) is 0 Å². The number of amides is 1. The molecule has 0 radical (unpaired) electrons. The van der Waals surface area contributed by atoms with E-state index in [-0.39, 0.29) is 24.1 Å². The lowest BCUT2D eigenvalue weighted by Crippen LogP contribution is -2.26. The number of carbonyl (C=O) groups excluding carboxylic acids is 1. The number of furan rings is 1. The van der Waals surface area contributed by atoms with Gasteiger partial charge >= 0.3 is 5.97 Å². The first-order chi connectivity index (χ1) is 10.4. The van der Waals surface area contributed by atoms with Crippen molar-refractivity contribution in [2.75, 3.05) is 7.05 Å². The summed E-state index contributed by atoms with van der Waals surface area (Å²) in [6, 6.07) is 1.48. The lowest BCUT2D eigenvalue weighted by atomic mass is 10.1. The summed E-state index contributed by atoms with van der Waals surface area (Å²) in [5, 5.41) is 8.99. The zero-order valence-electron chi connectivity index (χ0n) is 13.3. The van der Waals surface area contributed by atoms with E-state index in [9.17, 15) is 9.59 Å². The quantitative estimate of drug-likeness (QED) is 0.873. The molecule has 0 aliphatic carbocycles. The van der Waals surface area contributed by atoms with Gasteiger partial charge in [0, 0.05) is 13.5 Å². The van der Waals surface area contributed by atoms with Gasteiger partial charge in [0.2, 0.25) is 5.91 Å². The van der Waals surface area contributed by atoms with Crippen LogP contribution in [0.4, 0.5) is 0 Å². The lowest BCUT2D eigenvalue weighted by Gasteiger charge is -2.17. The second kappa shape index (κ2) is 6.96. The van der Waals surface area contributed by atoms with Gasteiger partial charge in [0.15, 0.2) is 0 Å². The number of nitrogens with zero attached hydrogens (tertiary/aromatic N) is 1. The van der Waals surface area contributed by atoms with Crippen molar-refractivity contribution in [1.82, 2.24) is 4.90 Å². The van der Waals surface area contributed by atoms with Gasteiger partial charge in [-0.2, -0.15) is 0 Å². The molecule has 0 saturated carbocycles. The van der Waals surface area contributed by atoms with Crippen molar-refractivity contribution >= 4 is 11.9 Å². The standard InChI is InChI=1S/C16H23NO5/c1-10-4-5-12(21-10)6-7-15(18)17(3)9-13-8-14(16(19)20)11(2)22-13/h8,10,12H,4-7,9H2,1-3H3,(H,19,20)/t10-,12-/m0/s1. The number of aromatic carboxylic acids is 1. The van der Waals surface area contributed by atoms with Crippen molar-refractivity contribution in [3.05, 3.63) is 23.2 Å². The summed E-state index contributed by atoms with van der Waals surface area (Å²) in [6.07, 6.45) is 3.69. The van der Waals surface area contributed by atoms with Crippen LogP contribution < -0.4 is 0 Å². The highest BCUT2D eigenvalue weighted by molar-refractivity contribution is 5.88. The zero-order chi connectivity index (χ0) is 16.3. The van der Waals surface area contributed by atoms with Gasteiger partial charge in [0.1, 0.15) is 17.1 Å². The molecule has 122 valence electrons. The number of rotatable bonds is 6. The maximum Gasteiger partial charge on any atom is 0.339 e.